The molecule has 2 nitrogen and oxygen atoms in total. The molecule has 2 saturated carbocycles. The third kappa shape index (κ3) is 4.00. The SMILES string of the molecule is CC(C)(C)[Si](C)(C)OC1CC2C(CCOc3ccc(Cl)cc3)C2C1. The molecule has 2 atom stereocenters. The smallest absolute Gasteiger partial charge is 0.192 e. The molecule has 0 aromatic heterocycles. The number of fused-ring (bicyclic) bond motifs is 1. The minimum atomic E-state index is -1.61. The van der Waals surface area contributed by atoms with Crippen LogP contribution in [0.3, 0.4) is 0 Å². The highest BCUT2D eigenvalue weighted by atomic mass is 35.5. The second kappa shape index (κ2) is 6.66. The molecule has 134 valence electrons. The Bertz CT molecular complexity index is 552. The average molecular weight is 367 g/mol. The van der Waals surface area contributed by atoms with Crippen LogP contribution < -0.4 is 4.74 Å². The average Bonchev–Trinajstić information content (AvgIpc) is 2.92. The molecule has 0 N–H and O–H groups in total. The Labute approximate surface area is 153 Å². The first kappa shape index (κ1) is 18.3. The van der Waals surface area contributed by atoms with E-state index in [0.29, 0.717) is 11.1 Å². The molecule has 0 spiro atoms. The van der Waals surface area contributed by atoms with Crippen LogP contribution in [0.15, 0.2) is 24.3 Å². The Morgan fingerprint density at radius 3 is 2.21 bits per heavy atom. The van der Waals surface area contributed by atoms with Gasteiger partial charge in [0.05, 0.1) is 6.61 Å². The van der Waals surface area contributed by atoms with Gasteiger partial charge in [-0.3, -0.25) is 0 Å². The van der Waals surface area contributed by atoms with Crippen LogP contribution in [-0.4, -0.2) is 21.0 Å². The van der Waals surface area contributed by atoms with Crippen LogP contribution in [0.1, 0.15) is 40.0 Å². The lowest BCUT2D eigenvalue weighted by atomic mass is 10.1. The molecule has 3 rings (SSSR count). The molecule has 4 heteroatoms. The molecule has 0 heterocycles. The maximum Gasteiger partial charge on any atom is 0.192 e. The van der Waals surface area contributed by atoms with Gasteiger partial charge in [-0.15, -0.1) is 0 Å². The number of hydrogen-bond acceptors (Lipinski definition) is 2. The standard InChI is InChI=1S/C20H31ClO2Si/c1-20(2,3)24(4,5)23-16-12-18-17(19(18)13-16)10-11-22-15-8-6-14(21)7-9-15/h6-9,16-19H,10-13H2,1-5H3. The molecule has 2 unspecified atom stereocenters. The molecule has 0 bridgehead atoms. The van der Waals surface area contributed by atoms with Crippen molar-refractivity contribution in [2.45, 2.75) is 64.3 Å². The van der Waals surface area contributed by atoms with E-state index >= 15 is 0 Å². The molecule has 2 fully saturated rings. The van der Waals surface area contributed by atoms with Crippen LogP contribution >= 0.6 is 11.6 Å². The minimum Gasteiger partial charge on any atom is -0.494 e. The molecule has 24 heavy (non-hydrogen) atoms. The van der Waals surface area contributed by atoms with E-state index in [4.69, 9.17) is 20.8 Å². The van der Waals surface area contributed by atoms with Crippen molar-refractivity contribution >= 4 is 19.9 Å². The summed E-state index contributed by atoms with van der Waals surface area (Å²) in [7, 11) is -1.61. The fraction of sp³-hybridized carbons (Fsp3) is 0.700. The van der Waals surface area contributed by atoms with Crippen molar-refractivity contribution in [2.24, 2.45) is 17.8 Å². The fourth-order valence-electron chi connectivity index (χ4n) is 3.89. The van der Waals surface area contributed by atoms with Crippen molar-refractivity contribution in [3.63, 3.8) is 0 Å². The zero-order valence-electron chi connectivity index (χ0n) is 15.6. The molecule has 1 aromatic rings. The van der Waals surface area contributed by atoms with E-state index in [0.717, 1.165) is 35.1 Å². The van der Waals surface area contributed by atoms with Crippen LogP contribution in [0, 0.1) is 17.8 Å². The third-order valence-corrected chi connectivity index (χ3v) is 11.2. The monoisotopic (exact) mass is 366 g/mol. The third-order valence-electron chi connectivity index (χ3n) is 6.38. The highest BCUT2D eigenvalue weighted by Crippen LogP contribution is 2.60. The molecule has 0 saturated heterocycles. The normalized spacial score (nSPS) is 29.4. The van der Waals surface area contributed by atoms with Crippen molar-refractivity contribution < 1.29 is 9.16 Å². The molecule has 2 aliphatic rings. The number of ether oxygens (including phenoxy) is 1. The molecule has 0 aliphatic heterocycles. The van der Waals surface area contributed by atoms with E-state index in [1.807, 2.05) is 24.3 Å². The van der Waals surface area contributed by atoms with Gasteiger partial charge in [0.25, 0.3) is 0 Å². The van der Waals surface area contributed by atoms with Gasteiger partial charge in [0.1, 0.15) is 5.75 Å². The van der Waals surface area contributed by atoms with Crippen molar-refractivity contribution in [2.75, 3.05) is 6.61 Å². The van der Waals surface area contributed by atoms with E-state index in [-0.39, 0.29) is 0 Å². The van der Waals surface area contributed by atoms with Gasteiger partial charge in [0.15, 0.2) is 8.32 Å². The van der Waals surface area contributed by atoms with Gasteiger partial charge in [-0.1, -0.05) is 32.4 Å². The van der Waals surface area contributed by atoms with E-state index in [9.17, 15) is 0 Å². The number of hydrogen-bond donors (Lipinski definition) is 0. The Balaban J connectivity index is 1.38. The Morgan fingerprint density at radius 2 is 1.67 bits per heavy atom. The number of rotatable bonds is 6. The summed E-state index contributed by atoms with van der Waals surface area (Å²) in [5, 5.41) is 1.07. The number of halogens is 1. The first-order valence-electron chi connectivity index (χ1n) is 9.23. The fourth-order valence-corrected chi connectivity index (χ4v) is 5.39. The predicted molar refractivity (Wildman–Crippen MR) is 103 cm³/mol. The van der Waals surface area contributed by atoms with Crippen LogP contribution in [0.25, 0.3) is 0 Å². The lowest BCUT2D eigenvalue weighted by Crippen LogP contribution is -2.43. The predicted octanol–water partition coefficient (Wildman–Crippen LogP) is 6.16. The molecular formula is C20H31ClO2Si. The van der Waals surface area contributed by atoms with Crippen molar-refractivity contribution in [1.82, 2.24) is 0 Å². The highest BCUT2D eigenvalue weighted by molar-refractivity contribution is 6.74. The highest BCUT2D eigenvalue weighted by Gasteiger charge is 2.56. The second-order valence-electron chi connectivity index (χ2n) is 9.05. The summed E-state index contributed by atoms with van der Waals surface area (Å²) < 4.78 is 12.4. The van der Waals surface area contributed by atoms with Gasteiger partial charge in [0, 0.05) is 11.1 Å². The Hall–Kier alpha value is -0.513. The van der Waals surface area contributed by atoms with E-state index in [1.54, 1.807) is 0 Å². The zero-order valence-corrected chi connectivity index (χ0v) is 17.4. The van der Waals surface area contributed by atoms with E-state index < -0.39 is 8.32 Å². The molecular weight excluding hydrogens is 336 g/mol. The van der Waals surface area contributed by atoms with Crippen LogP contribution in [-0.2, 0) is 4.43 Å². The van der Waals surface area contributed by atoms with Crippen LogP contribution in [0.5, 0.6) is 5.75 Å². The zero-order chi connectivity index (χ0) is 17.5. The van der Waals surface area contributed by atoms with Gasteiger partial charge in [-0.25, -0.2) is 0 Å². The van der Waals surface area contributed by atoms with Crippen molar-refractivity contribution in [1.29, 1.82) is 0 Å². The topological polar surface area (TPSA) is 18.5 Å². The van der Waals surface area contributed by atoms with Gasteiger partial charge in [0.2, 0.25) is 0 Å². The van der Waals surface area contributed by atoms with Gasteiger partial charge < -0.3 is 9.16 Å². The van der Waals surface area contributed by atoms with Crippen molar-refractivity contribution in [3.8, 4) is 5.75 Å². The molecule has 0 amide bonds. The number of benzene rings is 1. The molecule has 0 radical (unpaired) electrons. The largest absolute Gasteiger partial charge is 0.494 e. The Kier molecular flexibility index (Phi) is 5.07. The summed E-state index contributed by atoms with van der Waals surface area (Å²) in [4.78, 5) is 0. The maximum atomic E-state index is 6.59. The summed E-state index contributed by atoms with van der Waals surface area (Å²) in [5.74, 6) is 3.54. The van der Waals surface area contributed by atoms with E-state index in [1.165, 1.54) is 19.3 Å². The summed E-state index contributed by atoms with van der Waals surface area (Å²) in [5.41, 5.74) is 0. The lowest BCUT2D eigenvalue weighted by molar-refractivity contribution is 0.163. The van der Waals surface area contributed by atoms with Crippen molar-refractivity contribution in [3.05, 3.63) is 29.3 Å². The summed E-state index contributed by atoms with van der Waals surface area (Å²) in [6, 6.07) is 7.65. The first-order chi connectivity index (χ1) is 11.2. The summed E-state index contributed by atoms with van der Waals surface area (Å²) >= 11 is 5.89. The molecule has 2 aliphatic carbocycles. The molecule has 1 aromatic carbocycles. The van der Waals surface area contributed by atoms with Crippen LogP contribution in [0.4, 0.5) is 0 Å². The maximum absolute atomic E-state index is 6.59. The van der Waals surface area contributed by atoms with Gasteiger partial charge in [-0.2, -0.15) is 0 Å². The summed E-state index contributed by atoms with van der Waals surface area (Å²) in [6.07, 6.45) is 4.21. The summed E-state index contributed by atoms with van der Waals surface area (Å²) in [6.45, 7) is 12.5. The lowest BCUT2D eigenvalue weighted by Gasteiger charge is -2.39. The quantitative estimate of drug-likeness (QED) is 0.561. The minimum absolute atomic E-state index is 0.311. The first-order valence-corrected chi connectivity index (χ1v) is 12.5. The van der Waals surface area contributed by atoms with Gasteiger partial charge in [-0.05, 0) is 79.4 Å². The van der Waals surface area contributed by atoms with Crippen LogP contribution in [0.2, 0.25) is 23.2 Å². The second-order valence-corrected chi connectivity index (χ2v) is 14.2. The van der Waals surface area contributed by atoms with Gasteiger partial charge >= 0.3 is 0 Å². The Morgan fingerprint density at radius 1 is 1.08 bits per heavy atom. The van der Waals surface area contributed by atoms with E-state index in [2.05, 4.69) is 33.9 Å².